The Kier molecular flexibility index (Phi) is 6.08. The lowest BCUT2D eigenvalue weighted by Crippen LogP contribution is -2.07. The highest BCUT2D eigenvalue weighted by molar-refractivity contribution is 6.11. The third kappa shape index (κ3) is 4.25. The number of nitrogens with zero attached hydrogens (tertiary/aromatic N) is 2. The molecule has 0 N–H and O–H groups in total. The predicted octanol–water partition coefficient (Wildman–Crippen LogP) is 12.6. The molecule has 0 bridgehead atoms. The van der Waals surface area contributed by atoms with Crippen LogP contribution >= 0.6 is 0 Å². The molecule has 0 amide bonds. The Morgan fingerprint density at radius 3 is 2.00 bits per heavy atom. The van der Waals surface area contributed by atoms with Crippen molar-refractivity contribution in [1.82, 2.24) is 9.13 Å². The fourth-order valence-corrected chi connectivity index (χ4v) is 8.56. The molecule has 10 aromatic rings. The third-order valence-electron chi connectivity index (χ3n) is 10.9. The average molecular weight is 653 g/mol. The number of furan rings is 1. The summed E-state index contributed by atoms with van der Waals surface area (Å²) in [6.45, 7) is 0. The summed E-state index contributed by atoms with van der Waals surface area (Å²) in [7, 11) is 0. The molecule has 0 aliphatic heterocycles. The van der Waals surface area contributed by atoms with Gasteiger partial charge in [-0.05, 0) is 83.8 Å². The highest BCUT2D eigenvalue weighted by atomic mass is 16.3. The van der Waals surface area contributed by atoms with Crippen molar-refractivity contribution in [1.29, 1.82) is 0 Å². The highest BCUT2D eigenvalue weighted by Gasteiger charge is 2.24. The first-order chi connectivity index (χ1) is 25.3. The van der Waals surface area contributed by atoms with Crippen molar-refractivity contribution in [2.75, 3.05) is 0 Å². The van der Waals surface area contributed by atoms with Crippen LogP contribution in [-0.4, -0.2) is 9.13 Å². The van der Waals surface area contributed by atoms with E-state index in [1.807, 2.05) is 12.1 Å². The van der Waals surface area contributed by atoms with Crippen LogP contribution in [0.25, 0.3) is 83.2 Å². The van der Waals surface area contributed by atoms with E-state index in [0.29, 0.717) is 5.92 Å². The Bertz CT molecular complexity index is 2990. The average Bonchev–Trinajstić information content (AvgIpc) is 3.86. The summed E-state index contributed by atoms with van der Waals surface area (Å²) in [6, 6.07) is 59.1. The smallest absolute Gasteiger partial charge is 0.143 e. The van der Waals surface area contributed by atoms with Crippen molar-refractivity contribution in [3.8, 4) is 22.5 Å². The van der Waals surface area contributed by atoms with Crippen LogP contribution in [0.2, 0.25) is 0 Å². The van der Waals surface area contributed by atoms with Crippen LogP contribution in [0.1, 0.15) is 22.7 Å². The maximum Gasteiger partial charge on any atom is 0.143 e. The van der Waals surface area contributed by atoms with Crippen LogP contribution in [0.3, 0.4) is 0 Å². The number of para-hydroxylation sites is 5. The van der Waals surface area contributed by atoms with E-state index in [9.17, 15) is 0 Å². The molecule has 0 saturated carbocycles. The van der Waals surface area contributed by atoms with E-state index in [0.717, 1.165) is 45.2 Å². The molecule has 3 nitrogen and oxygen atoms in total. The largest absolute Gasteiger partial charge is 0.455 e. The molecule has 0 fully saturated rings. The molecule has 240 valence electrons. The molecule has 3 heterocycles. The van der Waals surface area contributed by atoms with Gasteiger partial charge in [0.15, 0.2) is 0 Å². The number of hydrogen-bond acceptors (Lipinski definition) is 1. The van der Waals surface area contributed by atoms with Crippen LogP contribution in [-0.2, 0) is 6.42 Å². The molecule has 3 aromatic heterocycles. The van der Waals surface area contributed by atoms with Gasteiger partial charge < -0.3 is 13.6 Å². The van der Waals surface area contributed by atoms with E-state index >= 15 is 0 Å². The second kappa shape index (κ2) is 11.0. The number of hydrogen-bond donors (Lipinski definition) is 0. The molecule has 7 aromatic carbocycles. The zero-order chi connectivity index (χ0) is 33.5. The van der Waals surface area contributed by atoms with Gasteiger partial charge in [0.25, 0.3) is 0 Å². The maximum atomic E-state index is 6.37. The first kappa shape index (κ1) is 28.3. The first-order valence-corrected chi connectivity index (χ1v) is 17.7. The highest BCUT2D eigenvalue weighted by Crippen LogP contribution is 2.41. The van der Waals surface area contributed by atoms with Gasteiger partial charge in [0.2, 0.25) is 0 Å². The number of allylic oxidation sites excluding steroid dienone is 1. The van der Waals surface area contributed by atoms with Gasteiger partial charge in [-0.1, -0.05) is 115 Å². The fourth-order valence-electron chi connectivity index (χ4n) is 8.56. The molecule has 1 aliphatic carbocycles. The molecule has 11 rings (SSSR count). The van der Waals surface area contributed by atoms with Crippen LogP contribution in [0.4, 0.5) is 0 Å². The van der Waals surface area contributed by atoms with Crippen LogP contribution in [0.15, 0.2) is 174 Å². The number of benzene rings is 7. The Labute approximate surface area is 294 Å². The zero-order valence-electron chi connectivity index (χ0n) is 27.8. The van der Waals surface area contributed by atoms with E-state index in [-0.39, 0.29) is 0 Å². The Morgan fingerprint density at radius 2 is 1.16 bits per heavy atom. The third-order valence-corrected chi connectivity index (χ3v) is 10.9. The Balaban J connectivity index is 0.993. The van der Waals surface area contributed by atoms with E-state index in [1.165, 1.54) is 55.2 Å². The Morgan fingerprint density at radius 1 is 0.490 bits per heavy atom. The van der Waals surface area contributed by atoms with Crippen molar-refractivity contribution >= 4 is 60.7 Å². The van der Waals surface area contributed by atoms with Gasteiger partial charge in [-0.3, -0.25) is 0 Å². The normalized spacial score (nSPS) is 14.3. The van der Waals surface area contributed by atoms with Crippen LogP contribution < -0.4 is 0 Å². The summed E-state index contributed by atoms with van der Waals surface area (Å²) in [5.41, 5.74) is 14.2. The molecule has 1 unspecified atom stereocenters. The monoisotopic (exact) mass is 652 g/mol. The lowest BCUT2D eigenvalue weighted by Gasteiger charge is -2.20. The topological polar surface area (TPSA) is 23.0 Å². The number of rotatable bonds is 4. The summed E-state index contributed by atoms with van der Waals surface area (Å²) in [5.74, 6) is 0.291. The molecule has 0 spiro atoms. The van der Waals surface area contributed by atoms with E-state index in [1.54, 1.807) is 0 Å². The minimum atomic E-state index is 0.291. The lowest BCUT2D eigenvalue weighted by molar-refractivity contribution is 0.670. The van der Waals surface area contributed by atoms with E-state index in [4.69, 9.17) is 4.42 Å². The van der Waals surface area contributed by atoms with Gasteiger partial charge in [0.1, 0.15) is 11.2 Å². The van der Waals surface area contributed by atoms with Crippen molar-refractivity contribution in [2.45, 2.75) is 12.3 Å². The molecule has 0 saturated heterocycles. The van der Waals surface area contributed by atoms with Crippen molar-refractivity contribution in [3.63, 3.8) is 0 Å². The van der Waals surface area contributed by atoms with Gasteiger partial charge >= 0.3 is 0 Å². The van der Waals surface area contributed by atoms with Crippen LogP contribution in [0, 0.1) is 0 Å². The quantitative estimate of drug-likeness (QED) is 0.186. The summed E-state index contributed by atoms with van der Waals surface area (Å²) in [6.07, 6.45) is 5.72. The molecule has 51 heavy (non-hydrogen) atoms. The van der Waals surface area contributed by atoms with Gasteiger partial charge in [-0.25, -0.2) is 0 Å². The van der Waals surface area contributed by atoms with Crippen molar-refractivity contribution in [3.05, 3.63) is 187 Å². The number of fused-ring (bicyclic) bond motifs is 9. The molecular weight excluding hydrogens is 621 g/mol. The predicted molar refractivity (Wildman–Crippen MR) is 212 cm³/mol. The summed E-state index contributed by atoms with van der Waals surface area (Å²) < 4.78 is 11.2. The lowest BCUT2D eigenvalue weighted by atomic mass is 9.86. The number of aromatic nitrogens is 2. The minimum Gasteiger partial charge on any atom is -0.455 e. The molecular formula is C48H32N2O. The molecule has 1 aliphatic rings. The van der Waals surface area contributed by atoms with Gasteiger partial charge in [0, 0.05) is 55.5 Å². The minimum absolute atomic E-state index is 0.291. The second-order valence-electron chi connectivity index (χ2n) is 13.7. The van der Waals surface area contributed by atoms with Crippen molar-refractivity contribution in [2.24, 2.45) is 0 Å². The molecule has 3 heteroatoms. The van der Waals surface area contributed by atoms with Gasteiger partial charge in [0.05, 0.1) is 16.6 Å². The van der Waals surface area contributed by atoms with E-state index < -0.39 is 0 Å². The van der Waals surface area contributed by atoms with Gasteiger partial charge in [-0.15, -0.1) is 0 Å². The van der Waals surface area contributed by atoms with Crippen LogP contribution in [0.5, 0.6) is 0 Å². The second-order valence-corrected chi connectivity index (χ2v) is 13.7. The standard InChI is InChI=1S/C48H32N2O/c1-2-11-34(12-3-1)49-43-18-7-4-13-37(43)41-29-32(23-27-45(41)49)33-24-28-46-42(30-33)38-14-5-8-19-44(38)50(46)35-25-21-31(22-26-35)36-16-10-17-40-39-15-6-9-20-47(39)51-48(36)40/h1-28,30,32H,29H2. The van der Waals surface area contributed by atoms with Crippen molar-refractivity contribution < 1.29 is 4.42 Å². The fraction of sp³-hybridized carbons (Fsp3) is 0.0417. The summed E-state index contributed by atoms with van der Waals surface area (Å²) in [5, 5.41) is 6.19. The SMILES string of the molecule is C1=CC(c2ccc3c(c2)c2ccccc2n3-c2ccc(-c3cccc4c3oc3ccccc34)cc2)Cc2c1n(-c1ccccc1)c1ccccc21. The molecule has 1 atom stereocenters. The Hall–Kier alpha value is -6.58. The zero-order valence-corrected chi connectivity index (χ0v) is 27.8. The first-order valence-electron chi connectivity index (χ1n) is 17.7. The summed E-state index contributed by atoms with van der Waals surface area (Å²) in [4.78, 5) is 0. The van der Waals surface area contributed by atoms with Gasteiger partial charge in [-0.2, -0.15) is 0 Å². The van der Waals surface area contributed by atoms with E-state index in [2.05, 4.69) is 173 Å². The molecule has 0 radical (unpaired) electrons. The summed E-state index contributed by atoms with van der Waals surface area (Å²) >= 11 is 0. The maximum absolute atomic E-state index is 6.37.